The zero-order valence-corrected chi connectivity index (χ0v) is 15.4. The lowest BCUT2D eigenvalue weighted by Gasteiger charge is -2.02. The summed E-state index contributed by atoms with van der Waals surface area (Å²) in [6.07, 6.45) is 1.69. The number of rotatable bonds is 2. The number of nitrogens with one attached hydrogen (secondary N) is 1. The zero-order chi connectivity index (χ0) is 17.3. The van der Waals surface area contributed by atoms with Crippen molar-refractivity contribution in [1.82, 2.24) is 5.32 Å². The second-order valence-corrected chi connectivity index (χ2v) is 7.25. The second-order valence-electron chi connectivity index (χ2n) is 5.41. The number of aryl methyl sites for hydroxylation is 2. The molecule has 1 saturated heterocycles. The minimum atomic E-state index is -0.208. The Morgan fingerprint density at radius 3 is 2.54 bits per heavy atom. The lowest BCUT2D eigenvalue weighted by Crippen LogP contribution is -2.19. The molecule has 3 nitrogen and oxygen atoms in total. The summed E-state index contributed by atoms with van der Waals surface area (Å²) in [4.78, 5) is 17.2. The topological polar surface area (TPSA) is 41.5 Å². The van der Waals surface area contributed by atoms with Crippen molar-refractivity contribution in [2.45, 2.75) is 13.8 Å². The van der Waals surface area contributed by atoms with E-state index in [9.17, 15) is 4.79 Å². The SMILES string of the molecule is Cc1ccc(C)c(N=C2NC(=O)/C(=C\c3c(Cl)cccc3Cl)S2)c1. The van der Waals surface area contributed by atoms with E-state index in [0.717, 1.165) is 16.8 Å². The van der Waals surface area contributed by atoms with Crippen LogP contribution in [0.15, 0.2) is 46.3 Å². The third-order valence-corrected chi connectivity index (χ3v) is 5.08. The first kappa shape index (κ1) is 17.1. The molecule has 3 rings (SSSR count). The van der Waals surface area contributed by atoms with E-state index >= 15 is 0 Å². The zero-order valence-electron chi connectivity index (χ0n) is 13.1. The van der Waals surface area contributed by atoms with Gasteiger partial charge in [0, 0.05) is 15.6 Å². The van der Waals surface area contributed by atoms with E-state index < -0.39 is 0 Å². The van der Waals surface area contributed by atoms with Crippen LogP contribution in [-0.2, 0) is 4.79 Å². The maximum Gasteiger partial charge on any atom is 0.264 e. The van der Waals surface area contributed by atoms with Crippen LogP contribution >= 0.6 is 35.0 Å². The van der Waals surface area contributed by atoms with Gasteiger partial charge in [-0.3, -0.25) is 4.79 Å². The van der Waals surface area contributed by atoms with E-state index in [4.69, 9.17) is 23.2 Å². The van der Waals surface area contributed by atoms with Crippen LogP contribution in [0.2, 0.25) is 10.0 Å². The van der Waals surface area contributed by atoms with Gasteiger partial charge in [0.15, 0.2) is 5.17 Å². The van der Waals surface area contributed by atoms with Gasteiger partial charge in [0.25, 0.3) is 5.91 Å². The van der Waals surface area contributed by atoms with Gasteiger partial charge >= 0.3 is 0 Å². The summed E-state index contributed by atoms with van der Waals surface area (Å²) in [5.74, 6) is -0.208. The number of hydrogen-bond acceptors (Lipinski definition) is 3. The number of amidine groups is 1. The van der Waals surface area contributed by atoms with Gasteiger partial charge in [0.1, 0.15) is 0 Å². The molecule has 1 N–H and O–H groups in total. The van der Waals surface area contributed by atoms with E-state index in [1.54, 1.807) is 24.3 Å². The summed E-state index contributed by atoms with van der Waals surface area (Å²) in [5.41, 5.74) is 3.64. The number of aliphatic imine (C=N–C) groups is 1. The van der Waals surface area contributed by atoms with E-state index in [2.05, 4.69) is 10.3 Å². The average Bonchev–Trinajstić information content (AvgIpc) is 2.86. The summed E-state index contributed by atoms with van der Waals surface area (Å²) in [5, 5.41) is 4.33. The molecule has 1 amide bonds. The molecular formula is C18H14Cl2N2OS. The first-order chi connectivity index (χ1) is 11.4. The third-order valence-electron chi connectivity index (χ3n) is 3.51. The molecular weight excluding hydrogens is 363 g/mol. The third kappa shape index (κ3) is 3.66. The van der Waals surface area contributed by atoms with Crippen LogP contribution in [0.3, 0.4) is 0 Å². The lowest BCUT2D eigenvalue weighted by atomic mass is 10.1. The van der Waals surface area contributed by atoms with Crippen LogP contribution < -0.4 is 5.32 Å². The van der Waals surface area contributed by atoms with Crippen molar-refractivity contribution in [3.63, 3.8) is 0 Å². The van der Waals surface area contributed by atoms with E-state index in [-0.39, 0.29) is 5.91 Å². The Kier molecular flexibility index (Phi) is 4.99. The van der Waals surface area contributed by atoms with Gasteiger partial charge in [-0.05, 0) is 61.0 Å². The fourth-order valence-electron chi connectivity index (χ4n) is 2.21. The summed E-state index contributed by atoms with van der Waals surface area (Å²) < 4.78 is 0. The van der Waals surface area contributed by atoms with Gasteiger partial charge in [-0.15, -0.1) is 0 Å². The highest BCUT2D eigenvalue weighted by Crippen LogP contribution is 2.33. The molecule has 0 aromatic heterocycles. The number of thioether (sulfide) groups is 1. The van der Waals surface area contributed by atoms with E-state index in [1.807, 2.05) is 32.0 Å². The molecule has 0 spiro atoms. The average molecular weight is 377 g/mol. The summed E-state index contributed by atoms with van der Waals surface area (Å²) in [7, 11) is 0. The molecule has 0 unspecified atom stereocenters. The van der Waals surface area contributed by atoms with E-state index in [0.29, 0.717) is 25.7 Å². The largest absolute Gasteiger partial charge is 0.300 e. The molecule has 1 aliphatic rings. The standard InChI is InChI=1S/C18H14Cl2N2OS/c1-10-6-7-11(2)15(8-10)21-18-22-17(23)16(24-18)9-12-13(19)4-3-5-14(12)20/h3-9H,1-2H3,(H,21,22,23)/b16-9+. The summed E-state index contributed by atoms with van der Waals surface area (Å²) >= 11 is 13.6. The van der Waals surface area contributed by atoms with Crippen molar-refractivity contribution < 1.29 is 4.79 Å². The Balaban J connectivity index is 1.92. The number of halogens is 2. The molecule has 0 saturated carbocycles. The predicted octanol–water partition coefficient (Wildman–Crippen LogP) is 5.50. The van der Waals surface area contributed by atoms with Gasteiger partial charge < -0.3 is 5.32 Å². The lowest BCUT2D eigenvalue weighted by molar-refractivity contribution is -0.115. The van der Waals surface area contributed by atoms with Gasteiger partial charge in [-0.2, -0.15) is 0 Å². The Morgan fingerprint density at radius 1 is 1.12 bits per heavy atom. The van der Waals surface area contributed by atoms with Crippen LogP contribution in [0.25, 0.3) is 6.08 Å². The normalized spacial score (nSPS) is 17.6. The summed E-state index contributed by atoms with van der Waals surface area (Å²) in [6, 6.07) is 11.3. The van der Waals surface area contributed by atoms with Gasteiger partial charge in [-0.1, -0.05) is 41.4 Å². The van der Waals surface area contributed by atoms with Crippen LogP contribution in [0.4, 0.5) is 5.69 Å². The molecule has 2 aromatic rings. The van der Waals surface area contributed by atoms with Crippen LogP contribution in [0.5, 0.6) is 0 Å². The van der Waals surface area contributed by atoms with Crippen LogP contribution in [0, 0.1) is 13.8 Å². The Bertz CT molecular complexity index is 870. The molecule has 2 aromatic carbocycles. The molecule has 1 fully saturated rings. The molecule has 0 radical (unpaired) electrons. The molecule has 0 bridgehead atoms. The molecule has 122 valence electrons. The van der Waals surface area contributed by atoms with Crippen LogP contribution in [0.1, 0.15) is 16.7 Å². The van der Waals surface area contributed by atoms with Crippen molar-refractivity contribution in [3.8, 4) is 0 Å². The first-order valence-corrected chi connectivity index (χ1v) is 8.82. The van der Waals surface area contributed by atoms with Crippen LogP contribution in [-0.4, -0.2) is 11.1 Å². The highest BCUT2D eigenvalue weighted by atomic mass is 35.5. The number of nitrogens with zero attached hydrogens (tertiary/aromatic N) is 1. The Hall–Kier alpha value is -1.75. The molecule has 24 heavy (non-hydrogen) atoms. The van der Waals surface area contributed by atoms with Crippen molar-refractivity contribution in [2.24, 2.45) is 4.99 Å². The maximum absolute atomic E-state index is 12.2. The minimum Gasteiger partial charge on any atom is -0.300 e. The monoisotopic (exact) mass is 376 g/mol. The fraction of sp³-hybridized carbons (Fsp3) is 0.111. The smallest absolute Gasteiger partial charge is 0.264 e. The molecule has 1 aliphatic heterocycles. The first-order valence-electron chi connectivity index (χ1n) is 7.25. The van der Waals surface area contributed by atoms with Gasteiger partial charge in [-0.25, -0.2) is 4.99 Å². The van der Waals surface area contributed by atoms with Crippen molar-refractivity contribution in [2.75, 3.05) is 0 Å². The maximum atomic E-state index is 12.2. The Labute approximate surface area is 154 Å². The molecule has 6 heteroatoms. The molecule has 0 aliphatic carbocycles. The predicted molar refractivity (Wildman–Crippen MR) is 103 cm³/mol. The Morgan fingerprint density at radius 2 is 1.83 bits per heavy atom. The summed E-state index contributed by atoms with van der Waals surface area (Å²) in [6.45, 7) is 3.99. The van der Waals surface area contributed by atoms with Gasteiger partial charge in [0.05, 0.1) is 10.6 Å². The minimum absolute atomic E-state index is 0.208. The number of carbonyl (C=O) groups excluding carboxylic acids is 1. The van der Waals surface area contributed by atoms with Crippen molar-refractivity contribution in [3.05, 3.63) is 68.0 Å². The fourth-order valence-corrected chi connectivity index (χ4v) is 3.53. The second kappa shape index (κ2) is 7.01. The number of carbonyl (C=O) groups is 1. The van der Waals surface area contributed by atoms with Crippen molar-refractivity contribution >= 4 is 57.8 Å². The number of amides is 1. The number of benzene rings is 2. The van der Waals surface area contributed by atoms with E-state index in [1.165, 1.54) is 11.8 Å². The van der Waals surface area contributed by atoms with Crippen molar-refractivity contribution in [1.29, 1.82) is 0 Å². The van der Waals surface area contributed by atoms with Gasteiger partial charge in [0.2, 0.25) is 0 Å². The molecule has 0 atom stereocenters. The quantitative estimate of drug-likeness (QED) is 0.702. The highest BCUT2D eigenvalue weighted by Gasteiger charge is 2.24. The highest BCUT2D eigenvalue weighted by molar-refractivity contribution is 8.18. The number of hydrogen-bond donors (Lipinski definition) is 1. The molecule has 1 heterocycles.